The summed E-state index contributed by atoms with van der Waals surface area (Å²) >= 11 is 0. The van der Waals surface area contributed by atoms with E-state index in [0.717, 1.165) is 0 Å². The molecule has 0 aromatic carbocycles. The lowest BCUT2D eigenvalue weighted by Gasteiger charge is -2.28. The average Bonchev–Trinajstić information content (AvgIpc) is 1.86. The lowest BCUT2D eigenvalue weighted by atomic mass is 9.86. The van der Waals surface area contributed by atoms with Crippen molar-refractivity contribution in [1.29, 1.82) is 0 Å². The minimum absolute atomic E-state index is 0.00347. The number of ether oxygens (including phenoxy) is 1. The standard InChI is InChI=1S/C8H17NO/c1-5-7(9)8(2,3)6-10-4/h5,7H,1,6,9H2,2-4H3. The van der Waals surface area contributed by atoms with E-state index in [2.05, 4.69) is 20.4 Å². The molecular formula is C8H17NO. The lowest BCUT2D eigenvalue weighted by Crippen LogP contribution is -2.38. The first-order valence-electron chi connectivity index (χ1n) is 3.41. The molecule has 0 heterocycles. The number of hydrogen-bond donors (Lipinski definition) is 1. The lowest BCUT2D eigenvalue weighted by molar-refractivity contribution is 0.0959. The van der Waals surface area contributed by atoms with Gasteiger partial charge in [-0.25, -0.2) is 0 Å². The monoisotopic (exact) mass is 143 g/mol. The van der Waals surface area contributed by atoms with Crippen LogP contribution in [0.3, 0.4) is 0 Å². The van der Waals surface area contributed by atoms with Crippen LogP contribution in [0.5, 0.6) is 0 Å². The summed E-state index contributed by atoms with van der Waals surface area (Å²) in [6, 6.07) is 0.00690. The highest BCUT2D eigenvalue weighted by Gasteiger charge is 2.23. The molecule has 1 atom stereocenters. The summed E-state index contributed by atoms with van der Waals surface area (Å²) in [5, 5.41) is 0. The first-order valence-corrected chi connectivity index (χ1v) is 3.41. The maximum absolute atomic E-state index is 5.74. The maximum Gasteiger partial charge on any atom is 0.0531 e. The van der Waals surface area contributed by atoms with Crippen LogP contribution in [0.15, 0.2) is 12.7 Å². The van der Waals surface area contributed by atoms with E-state index in [1.807, 2.05) is 0 Å². The van der Waals surface area contributed by atoms with Gasteiger partial charge in [-0.1, -0.05) is 19.9 Å². The summed E-state index contributed by atoms with van der Waals surface area (Å²) in [6.07, 6.45) is 1.75. The average molecular weight is 143 g/mol. The number of methoxy groups -OCH3 is 1. The predicted molar refractivity (Wildman–Crippen MR) is 43.8 cm³/mol. The van der Waals surface area contributed by atoms with Crippen LogP contribution in [-0.2, 0) is 4.74 Å². The molecule has 0 aliphatic rings. The van der Waals surface area contributed by atoms with Crippen LogP contribution in [0.4, 0.5) is 0 Å². The van der Waals surface area contributed by atoms with Gasteiger partial charge in [0, 0.05) is 18.6 Å². The van der Waals surface area contributed by atoms with Crippen molar-refractivity contribution in [2.45, 2.75) is 19.9 Å². The Labute approximate surface area is 63.1 Å². The van der Waals surface area contributed by atoms with Crippen LogP contribution >= 0.6 is 0 Å². The Balaban J connectivity index is 3.94. The van der Waals surface area contributed by atoms with Crippen molar-refractivity contribution in [2.75, 3.05) is 13.7 Å². The third-order valence-corrected chi connectivity index (χ3v) is 1.67. The van der Waals surface area contributed by atoms with Crippen LogP contribution in [0.1, 0.15) is 13.8 Å². The van der Waals surface area contributed by atoms with Crippen molar-refractivity contribution in [2.24, 2.45) is 11.1 Å². The number of nitrogens with two attached hydrogens (primary N) is 1. The van der Waals surface area contributed by atoms with Crippen molar-refractivity contribution in [3.8, 4) is 0 Å². The zero-order valence-corrected chi connectivity index (χ0v) is 7.05. The molecule has 0 spiro atoms. The fourth-order valence-corrected chi connectivity index (χ4v) is 0.787. The zero-order valence-electron chi connectivity index (χ0n) is 7.05. The minimum atomic E-state index is -0.00347. The Hall–Kier alpha value is -0.340. The van der Waals surface area contributed by atoms with Crippen LogP contribution in [-0.4, -0.2) is 19.8 Å². The first-order chi connectivity index (χ1) is 4.54. The molecule has 0 aliphatic heterocycles. The van der Waals surface area contributed by atoms with Gasteiger partial charge in [-0.05, 0) is 0 Å². The number of rotatable bonds is 4. The van der Waals surface area contributed by atoms with E-state index < -0.39 is 0 Å². The van der Waals surface area contributed by atoms with E-state index >= 15 is 0 Å². The Morgan fingerprint density at radius 1 is 1.70 bits per heavy atom. The van der Waals surface area contributed by atoms with Gasteiger partial charge < -0.3 is 10.5 Å². The van der Waals surface area contributed by atoms with Gasteiger partial charge in [0.25, 0.3) is 0 Å². The molecule has 0 amide bonds. The number of hydrogen-bond acceptors (Lipinski definition) is 2. The molecular weight excluding hydrogens is 126 g/mol. The molecule has 0 fully saturated rings. The van der Waals surface area contributed by atoms with Crippen molar-refractivity contribution in [1.82, 2.24) is 0 Å². The summed E-state index contributed by atoms with van der Waals surface area (Å²) < 4.78 is 5.00. The molecule has 0 aromatic rings. The molecule has 60 valence electrons. The fraction of sp³-hybridized carbons (Fsp3) is 0.750. The molecule has 0 bridgehead atoms. The van der Waals surface area contributed by atoms with Gasteiger partial charge >= 0.3 is 0 Å². The topological polar surface area (TPSA) is 35.2 Å². The second-order valence-electron chi connectivity index (χ2n) is 3.18. The van der Waals surface area contributed by atoms with E-state index in [4.69, 9.17) is 10.5 Å². The Morgan fingerprint density at radius 2 is 2.20 bits per heavy atom. The van der Waals surface area contributed by atoms with Crippen LogP contribution < -0.4 is 5.73 Å². The molecule has 0 aromatic heterocycles. The molecule has 0 saturated carbocycles. The van der Waals surface area contributed by atoms with Gasteiger partial charge in [0.15, 0.2) is 0 Å². The van der Waals surface area contributed by atoms with Crippen LogP contribution in [0.2, 0.25) is 0 Å². The smallest absolute Gasteiger partial charge is 0.0531 e. The van der Waals surface area contributed by atoms with Gasteiger partial charge in [0.1, 0.15) is 0 Å². The third kappa shape index (κ3) is 2.50. The van der Waals surface area contributed by atoms with Gasteiger partial charge in [0.2, 0.25) is 0 Å². The molecule has 1 unspecified atom stereocenters. The van der Waals surface area contributed by atoms with E-state index in [1.165, 1.54) is 0 Å². The fourth-order valence-electron chi connectivity index (χ4n) is 0.787. The molecule has 2 nitrogen and oxygen atoms in total. The molecule has 2 N–H and O–H groups in total. The van der Waals surface area contributed by atoms with Gasteiger partial charge in [-0.15, -0.1) is 6.58 Å². The van der Waals surface area contributed by atoms with Gasteiger partial charge in [0.05, 0.1) is 6.61 Å². The summed E-state index contributed by atoms with van der Waals surface area (Å²) in [6.45, 7) is 8.41. The van der Waals surface area contributed by atoms with E-state index in [1.54, 1.807) is 13.2 Å². The highest BCUT2D eigenvalue weighted by molar-refractivity contribution is 4.93. The SMILES string of the molecule is C=CC(N)C(C)(C)COC. The summed E-state index contributed by atoms with van der Waals surface area (Å²) in [7, 11) is 1.68. The summed E-state index contributed by atoms with van der Waals surface area (Å²) in [5.41, 5.74) is 5.74. The van der Waals surface area contributed by atoms with Crippen molar-refractivity contribution in [3.63, 3.8) is 0 Å². The zero-order chi connectivity index (χ0) is 8.20. The summed E-state index contributed by atoms with van der Waals surface area (Å²) in [5.74, 6) is 0. The largest absolute Gasteiger partial charge is 0.384 e. The molecule has 0 aliphatic carbocycles. The maximum atomic E-state index is 5.74. The third-order valence-electron chi connectivity index (χ3n) is 1.67. The van der Waals surface area contributed by atoms with Crippen molar-refractivity contribution < 1.29 is 4.74 Å². The van der Waals surface area contributed by atoms with Crippen molar-refractivity contribution in [3.05, 3.63) is 12.7 Å². The van der Waals surface area contributed by atoms with E-state index in [9.17, 15) is 0 Å². The minimum Gasteiger partial charge on any atom is -0.384 e. The van der Waals surface area contributed by atoms with Gasteiger partial charge in [-0.3, -0.25) is 0 Å². The Morgan fingerprint density at radius 3 is 2.50 bits per heavy atom. The molecule has 0 rings (SSSR count). The molecule has 0 saturated heterocycles. The second kappa shape index (κ2) is 3.74. The summed E-state index contributed by atoms with van der Waals surface area (Å²) in [4.78, 5) is 0. The molecule has 10 heavy (non-hydrogen) atoms. The highest BCUT2D eigenvalue weighted by Crippen LogP contribution is 2.19. The molecule has 0 radical (unpaired) electrons. The van der Waals surface area contributed by atoms with E-state index in [-0.39, 0.29) is 11.5 Å². The van der Waals surface area contributed by atoms with E-state index in [0.29, 0.717) is 6.61 Å². The van der Waals surface area contributed by atoms with Gasteiger partial charge in [-0.2, -0.15) is 0 Å². The first kappa shape index (κ1) is 9.66. The predicted octanol–water partition coefficient (Wildman–Crippen LogP) is 1.17. The highest BCUT2D eigenvalue weighted by atomic mass is 16.5. The van der Waals surface area contributed by atoms with Crippen molar-refractivity contribution >= 4 is 0 Å². The Bertz CT molecular complexity index is 110. The molecule has 2 heteroatoms. The quantitative estimate of drug-likeness (QED) is 0.600. The Kier molecular flexibility index (Phi) is 3.61. The normalized spacial score (nSPS) is 14.8. The second-order valence-corrected chi connectivity index (χ2v) is 3.18. The van der Waals surface area contributed by atoms with Crippen LogP contribution in [0, 0.1) is 5.41 Å². The van der Waals surface area contributed by atoms with Crippen LogP contribution in [0.25, 0.3) is 0 Å².